The molecule has 2 rings (SSSR count). The molecule has 1 aromatic carbocycles. The first kappa shape index (κ1) is 13.9. The van der Waals surface area contributed by atoms with Crippen LogP contribution >= 0.6 is 15.9 Å². The maximum absolute atomic E-state index is 9.93. The number of hydrogen-bond donors (Lipinski definition) is 2. The predicted molar refractivity (Wildman–Crippen MR) is 81.4 cm³/mol. The van der Waals surface area contributed by atoms with Gasteiger partial charge in [-0.25, -0.2) is 4.98 Å². The molecule has 0 saturated carbocycles. The molecule has 100 valence electrons. The van der Waals surface area contributed by atoms with Gasteiger partial charge in [-0.05, 0) is 47.0 Å². The molecule has 0 radical (unpaired) electrons. The third-order valence-electron chi connectivity index (χ3n) is 3.08. The van der Waals surface area contributed by atoms with Gasteiger partial charge in [0.25, 0.3) is 0 Å². The van der Waals surface area contributed by atoms with Crippen LogP contribution in [-0.2, 0) is 0 Å². The monoisotopic (exact) mass is 320 g/mol. The zero-order valence-electron chi connectivity index (χ0n) is 11.0. The Bertz CT molecular complexity index is 572. The van der Waals surface area contributed by atoms with E-state index in [4.69, 9.17) is 0 Å². The van der Waals surface area contributed by atoms with Crippen molar-refractivity contribution in [2.45, 2.75) is 26.3 Å². The molecule has 0 aliphatic rings. The van der Waals surface area contributed by atoms with E-state index in [-0.39, 0.29) is 6.04 Å². The fourth-order valence-electron chi connectivity index (χ4n) is 2.02. The topological polar surface area (TPSA) is 45.2 Å². The Labute approximate surface area is 121 Å². The predicted octanol–water partition coefficient (Wildman–Crippen LogP) is 4.42. The SMILES string of the molecule is CCC(Nc1cnc(Br)c(C)c1)c1ccccc1O. The number of phenolic OH excluding ortho intramolecular Hbond substituents is 1. The van der Waals surface area contributed by atoms with Crippen molar-refractivity contribution in [2.75, 3.05) is 5.32 Å². The first-order valence-corrected chi connectivity index (χ1v) is 7.07. The number of aromatic nitrogens is 1. The van der Waals surface area contributed by atoms with Crippen molar-refractivity contribution < 1.29 is 5.11 Å². The van der Waals surface area contributed by atoms with Crippen LogP contribution < -0.4 is 5.32 Å². The minimum absolute atomic E-state index is 0.0728. The lowest BCUT2D eigenvalue weighted by atomic mass is 10.0. The molecule has 1 heterocycles. The highest BCUT2D eigenvalue weighted by atomic mass is 79.9. The molecule has 2 N–H and O–H groups in total. The molecule has 1 atom stereocenters. The van der Waals surface area contributed by atoms with Gasteiger partial charge in [-0.3, -0.25) is 0 Å². The van der Waals surface area contributed by atoms with E-state index in [1.54, 1.807) is 12.3 Å². The molecule has 0 aliphatic heterocycles. The van der Waals surface area contributed by atoms with Crippen LogP contribution in [0.5, 0.6) is 5.75 Å². The molecule has 0 spiro atoms. The zero-order chi connectivity index (χ0) is 13.8. The molecule has 0 saturated heterocycles. The van der Waals surface area contributed by atoms with E-state index in [0.717, 1.165) is 27.8 Å². The van der Waals surface area contributed by atoms with Crippen molar-refractivity contribution in [1.29, 1.82) is 0 Å². The average molecular weight is 321 g/mol. The lowest BCUT2D eigenvalue weighted by Crippen LogP contribution is -2.10. The standard InChI is InChI=1S/C15H17BrN2O/c1-3-13(12-6-4-5-7-14(12)19)18-11-8-10(2)15(16)17-9-11/h4-9,13,18-19H,3H2,1-2H3. The summed E-state index contributed by atoms with van der Waals surface area (Å²) in [4.78, 5) is 4.27. The molecule has 0 bridgehead atoms. The minimum Gasteiger partial charge on any atom is -0.508 e. The van der Waals surface area contributed by atoms with Gasteiger partial charge < -0.3 is 10.4 Å². The third-order valence-corrected chi connectivity index (χ3v) is 3.91. The van der Waals surface area contributed by atoms with E-state index in [0.29, 0.717) is 5.75 Å². The largest absolute Gasteiger partial charge is 0.508 e. The van der Waals surface area contributed by atoms with Gasteiger partial charge in [0.1, 0.15) is 10.4 Å². The number of pyridine rings is 1. The molecule has 0 aliphatic carbocycles. The van der Waals surface area contributed by atoms with Gasteiger partial charge in [-0.1, -0.05) is 25.1 Å². The Balaban J connectivity index is 2.24. The van der Waals surface area contributed by atoms with Gasteiger partial charge in [-0.2, -0.15) is 0 Å². The average Bonchev–Trinajstić information content (AvgIpc) is 2.41. The number of halogens is 1. The molecule has 0 amide bonds. The summed E-state index contributed by atoms with van der Waals surface area (Å²) in [7, 11) is 0. The van der Waals surface area contributed by atoms with Crippen molar-refractivity contribution in [2.24, 2.45) is 0 Å². The summed E-state index contributed by atoms with van der Waals surface area (Å²) in [6.07, 6.45) is 2.67. The van der Waals surface area contributed by atoms with Crippen molar-refractivity contribution in [1.82, 2.24) is 4.98 Å². The quantitative estimate of drug-likeness (QED) is 0.819. The second-order valence-corrected chi connectivity index (χ2v) is 5.25. The van der Waals surface area contributed by atoms with Crippen LogP contribution in [0.25, 0.3) is 0 Å². The summed E-state index contributed by atoms with van der Waals surface area (Å²) < 4.78 is 0.855. The van der Waals surface area contributed by atoms with Gasteiger partial charge in [0.2, 0.25) is 0 Å². The Morgan fingerprint density at radius 1 is 1.37 bits per heavy atom. The van der Waals surface area contributed by atoms with Crippen molar-refractivity contribution in [3.63, 3.8) is 0 Å². The lowest BCUT2D eigenvalue weighted by molar-refractivity contribution is 0.463. The van der Waals surface area contributed by atoms with Crippen LogP contribution in [0.15, 0.2) is 41.1 Å². The second kappa shape index (κ2) is 6.06. The number of nitrogens with zero attached hydrogens (tertiary/aromatic N) is 1. The van der Waals surface area contributed by atoms with Crippen LogP contribution in [0.4, 0.5) is 5.69 Å². The van der Waals surface area contributed by atoms with Crippen molar-refractivity contribution in [3.05, 3.63) is 52.3 Å². The molecular formula is C15H17BrN2O. The summed E-state index contributed by atoms with van der Waals surface area (Å²) in [6.45, 7) is 4.09. The number of nitrogens with one attached hydrogen (secondary N) is 1. The summed E-state index contributed by atoms with van der Waals surface area (Å²) in [5.41, 5.74) is 2.94. The van der Waals surface area contributed by atoms with E-state index in [2.05, 4.69) is 33.2 Å². The summed E-state index contributed by atoms with van der Waals surface area (Å²) in [5, 5.41) is 13.3. The van der Waals surface area contributed by atoms with Gasteiger partial charge >= 0.3 is 0 Å². The zero-order valence-corrected chi connectivity index (χ0v) is 12.6. The number of rotatable bonds is 4. The second-order valence-electron chi connectivity index (χ2n) is 4.50. The number of hydrogen-bond acceptors (Lipinski definition) is 3. The van der Waals surface area contributed by atoms with Gasteiger partial charge in [0.15, 0.2) is 0 Å². The molecule has 0 fully saturated rings. The van der Waals surface area contributed by atoms with E-state index in [1.165, 1.54) is 0 Å². The van der Waals surface area contributed by atoms with E-state index in [1.807, 2.05) is 31.2 Å². The maximum Gasteiger partial charge on any atom is 0.120 e. The third kappa shape index (κ3) is 3.26. The number of anilines is 1. The summed E-state index contributed by atoms with van der Waals surface area (Å²) >= 11 is 3.39. The number of benzene rings is 1. The van der Waals surface area contributed by atoms with Crippen molar-refractivity contribution >= 4 is 21.6 Å². The molecule has 19 heavy (non-hydrogen) atoms. The number of aryl methyl sites for hydroxylation is 1. The van der Waals surface area contributed by atoms with Crippen LogP contribution in [0.3, 0.4) is 0 Å². The summed E-state index contributed by atoms with van der Waals surface area (Å²) in [5.74, 6) is 0.323. The van der Waals surface area contributed by atoms with E-state index in [9.17, 15) is 5.11 Å². The fraction of sp³-hybridized carbons (Fsp3) is 0.267. The van der Waals surface area contributed by atoms with E-state index >= 15 is 0 Å². The highest BCUT2D eigenvalue weighted by Crippen LogP contribution is 2.29. The highest BCUT2D eigenvalue weighted by Gasteiger charge is 2.13. The van der Waals surface area contributed by atoms with Gasteiger partial charge in [-0.15, -0.1) is 0 Å². The maximum atomic E-state index is 9.93. The Morgan fingerprint density at radius 2 is 2.11 bits per heavy atom. The lowest BCUT2D eigenvalue weighted by Gasteiger charge is -2.20. The molecule has 3 nitrogen and oxygen atoms in total. The smallest absolute Gasteiger partial charge is 0.120 e. The Hall–Kier alpha value is -1.55. The van der Waals surface area contributed by atoms with Gasteiger partial charge in [0.05, 0.1) is 17.9 Å². The first-order valence-electron chi connectivity index (χ1n) is 6.28. The van der Waals surface area contributed by atoms with Gasteiger partial charge in [0, 0.05) is 5.56 Å². The molecule has 2 aromatic rings. The van der Waals surface area contributed by atoms with Crippen LogP contribution in [-0.4, -0.2) is 10.1 Å². The summed E-state index contributed by atoms with van der Waals surface area (Å²) in [6, 6.07) is 9.53. The van der Waals surface area contributed by atoms with Crippen LogP contribution in [0.2, 0.25) is 0 Å². The normalized spacial score (nSPS) is 12.2. The molecular weight excluding hydrogens is 304 g/mol. The van der Waals surface area contributed by atoms with E-state index < -0.39 is 0 Å². The van der Waals surface area contributed by atoms with Crippen LogP contribution in [0, 0.1) is 6.92 Å². The minimum atomic E-state index is 0.0728. The van der Waals surface area contributed by atoms with Crippen LogP contribution in [0.1, 0.15) is 30.5 Å². The fourth-order valence-corrected chi connectivity index (χ4v) is 2.24. The highest BCUT2D eigenvalue weighted by molar-refractivity contribution is 9.10. The Kier molecular flexibility index (Phi) is 4.43. The molecule has 4 heteroatoms. The number of para-hydroxylation sites is 1. The molecule has 1 aromatic heterocycles. The van der Waals surface area contributed by atoms with Crippen molar-refractivity contribution in [3.8, 4) is 5.75 Å². The molecule has 1 unspecified atom stereocenters. The number of aromatic hydroxyl groups is 1. The first-order chi connectivity index (χ1) is 9.11. The number of phenols is 1. The Morgan fingerprint density at radius 3 is 2.74 bits per heavy atom.